The summed E-state index contributed by atoms with van der Waals surface area (Å²) >= 11 is 0. The Hall–Kier alpha value is -0.0800. The molecular weight excluding hydrogens is 232 g/mol. The zero-order chi connectivity index (χ0) is 14.2. The molecule has 1 aliphatic carbocycles. The average Bonchev–Trinajstić information content (AvgIpc) is 2.78. The molecule has 0 spiro atoms. The molecule has 0 radical (unpaired) electrons. The lowest BCUT2D eigenvalue weighted by atomic mass is 9.76. The molecule has 1 aliphatic heterocycles. The maximum atomic E-state index is 6.43. The predicted molar refractivity (Wildman–Crippen MR) is 83.1 cm³/mol. The van der Waals surface area contributed by atoms with Gasteiger partial charge in [-0.3, -0.25) is 4.90 Å². The first-order valence-corrected chi connectivity index (χ1v) is 8.28. The fourth-order valence-corrected chi connectivity index (χ4v) is 4.02. The molecule has 4 atom stereocenters. The van der Waals surface area contributed by atoms with Crippen molar-refractivity contribution in [2.75, 3.05) is 13.1 Å². The largest absolute Gasteiger partial charge is 0.326 e. The molecule has 19 heavy (non-hydrogen) atoms. The van der Waals surface area contributed by atoms with Gasteiger partial charge < -0.3 is 5.73 Å². The Morgan fingerprint density at radius 2 is 1.79 bits per heavy atom. The van der Waals surface area contributed by atoms with Crippen molar-refractivity contribution in [1.29, 1.82) is 0 Å². The van der Waals surface area contributed by atoms with Crippen molar-refractivity contribution >= 4 is 0 Å². The first-order valence-electron chi connectivity index (χ1n) is 8.28. The quantitative estimate of drug-likeness (QED) is 0.829. The van der Waals surface area contributed by atoms with Gasteiger partial charge in [-0.05, 0) is 55.4 Å². The van der Waals surface area contributed by atoms with Gasteiger partial charge in [0.05, 0.1) is 0 Å². The van der Waals surface area contributed by atoms with Crippen LogP contribution in [0.5, 0.6) is 0 Å². The number of hydrogen-bond donors (Lipinski definition) is 1. The average molecular weight is 266 g/mol. The summed E-state index contributed by atoms with van der Waals surface area (Å²) in [6.07, 6.45) is 5.25. The van der Waals surface area contributed by atoms with Crippen molar-refractivity contribution in [2.24, 2.45) is 28.9 Å². The molecule has 112 valence electrons. The first-order chi connectivity index (χ1) is 8.79. The molecule has 0 aromatic carbocycles. The summed E-state index contributed by atoms with van der Waals surface area (Å²) in [4.78, 5) is 2.72. The predicted octanol–water partition coefficient (Wildman–Crippen LogP) is 3.51. The minimum atomic E-state index is 0.411. The van der Waals surface area contributed by atoms with Gasteiger partial charge in [-0.25, -0.2) is 0 Å². The second kappa shape index (κ2) is 5.73. The summed E-state index contributed by atoms with van der Waals surface area (Å²) in [5.74, 6) is 2.55. The van der Waals surface area contributed by atoms with Crippen LogP contribution in [0, 0.1) is 23.2 Å². The van der Waals surface area contributed by atoms with Crippen molar-refractivity contribution in [3.63, 3.8) is 0 Å². The van der Waals surface area contributed by atoms with Gasteiger partial charge in [0.2, 0.25) is 0 Å². The van der Waals surface area contributed by atoms with Gasteiger partial charge >= 0.3 is 0 Å². The molecule has 2 N–H and O–H groups in total. The molecule has 0 aromatic rings. The molecule has 2 aliphatic rings. The van der Waals surface area contributed by atoms with Crippen LogP contribution in [0.2, 0.25) is 0 Å². The second-order valence-corrected chi connectivity index (χ2v) is 8.39. The van der Waals surface area contributed by atoms with Crippen LogP contribution in [-0.4, -0.2) is 30.1 Å². The van der Waals surface area contributed by atoms with E-state index in [4.69, 9.17) is 5.73 Å². The maximum Gasteiger partial charge on any atom is 0.0250 e. The van der Waals surface area contributed by atoms with Gasteiger partial charge in [-0.15, -0.1) is 0 Å². The molecule has 0 bridgehead atoms. The van der Waals surface area contributed by atoms with E-state index in [1.807, 2.05) is 0 Å². The van der Waals surface area contributed by atoms with Crippen LogP contribution >= 0.6 is 0 Å². The van der Waals surface area contributed by atoms with E-state index in [-0.39, 0.29) is 0 Å². The van der Waals surface area contributed by atoms with E-state index in [1.165, 1.54) is 38.8 Å². The molecule has 1 saturated carbocycles. The number of rotatable bonds is 2. The second-order valence-electron chi connectivity index (χ2n) is 8.39. The summed E-state index contributed by atoms with van der Waals surface area (Å²) in [6, 6.07) is 1.06. The van der Waals surface area contributed by atoms with E-state index in [1.54, 1.807) is 0 Å². The van der Waals surface area contributed by atoms with E-state index >= 15 is 0 Å². The lowest BCUT2D eigenvalue weighted by Gasteiger charge is -2.41. The number of likely N-dealkylation sites (tertiary alicyclic amines) is 1. The smallest absolute Gasteiger partial charge is 0.0250 e. The monoisotopic (exact) mass is 266 g/mol. The maximum absolute atomic E-state index is 6.43. The SMILES string of the molecule is CC(C)C1CCC(N)C(N2CCC(C(C)(C)C)C2)C1. The topological polar surface area (TPSA) is 29.3 Å². The van der Waals surface area contributed by atoms with E-state index in [0.717, 1.165) is 17.8 Å². The Balaban J connectivity index is 1.97. The highest BCUT2D eigenvalue weighted by Crippen LogP contribution is 2.38. The molecule has 4 unspecified atom stereocenters. The summed E-state index contributed by atoms with van der Waals surface area (Å²) in [5.41, 5.74) is 6.88. The van der Waals surface area contributed by atoms with Crippen molar-refractivity contribution in [3.8, 4) is 0 Å². The highest BCUT2D eigenvalue weighted by atomic mass is 15.2. The third-order valence-corrected chi connectivity index (χ3v) is 5.77. The molecule has 1 saturated heterocycles. The minimum absolute atomic E-state index is 0.411. The molecule has 2 rings (SSSR count). The van der Waals surface area contributed by atoms with Crippen LogP contribution in [0.4, 0.5) is 0 Å². The Labute approximate surface area is 120 Å². The van der Waals surface area contributed by atoms with Crippen molar-refractivity contribution in [3.05, 3.63) is 0 Å². The number of nitrogens with two attached hydrogens (primary N) is 1. The van der Waals surface area contributed by atoms with Gasteiger partial charge in [0, 0.05) is 18.6 Å². The zero-order valence-corrected chi connectivity index (χ0v) is 13.7. The van der Waals surface area contributed by atoms with Crippen LogP contribution in [-0.2, 0) is 0 Å². The van der Waals surface area contributed by atoms with Gasteiger partial charge in [-0.1, -0.05) is 34.6 Å². The summed E-state index contributed by atoms with van der Waals surface area (Å²) in [5, 5.41) is 0. The molecule has 0 aromatic heterocycles. The van der Waals surface area contributed by atoms with Crippen LogP contribution in [0.1, 0.15) is 60.3 Å². The first kappa shape index (κ1) is 15.3. The molecule has 2 nitrogen and oxygen atoms in total. The van der Waals surface area contributed by atoms with Gasteiger partial charge in [0.15, 0.2) is 0 Å². The van der Waals surface area contributed by atoms with E-state index in [2.05, 4.69) is 39.5 Å². The van der Waals surface area contributed by atoms with Crippen LogP contribution in [0.15, 0.2) is 0 Å². The lowest BCUT2D eigenvalue weighted by Crippen LogP contribution is -2.51. The molecule has 2 fully saturated rings. The summed E-state index contributed by atoms with van der Waals surface area (Å²) in [6.45, 7) is 14.5. The molecule has 1 heterocycles. The Morgan fingerprint density at radius 1 is 1.11 bits per heavy atom. The third-order valence-electron chi connectivity index (χ3n) is 5.77. The minimum Gasteiger partial charge on any atom is -0.326 e. The standard InChI is InChI=1S/C17H34N2/c1-12(2)13-6-7-15(18)16(10-13)19-9-8-14(11-19)17(3,4)5/h12-16H,6-11,18H2,1-5H3. The number of hydrogen-bond acceptors (Lipinski definition) is 2. The normalized spacial score (nSPS) is 38.1. The highest BCUT2D eigenvalue weighted by Gasteiger charge is 2.39. The Kier molecular flexibility index (Phi) is 4.62. The Bertz CT molecular complexity index is 292. The third kappa shape index (κ3) is 3.52. The van der Waals surface area contributed by atoms with Gasteiger partial charge in [0.25, 0.3) is 0 Å². The van der Waals surface area contributed by atoms with Crippen molar-refractivity contribution < 1.29 is 0 Å². The summed E-state index contributed by atoms with van der Waals surface area (Å²) < 4.78 is 0. The van der Waals surface area contributed by atoms with Crippen LogP contribution in [0.3, 0.4) is 0 Å². The fraction of sp³-hybridized carbons (Fsp3) is 1.00. The highest BCUT2D eigenvalue weighted by molar-refractivity contribution is 4.94. The molecule has 0 amide bonds. The summed E-state index contributed by atoms with van der Waals surface area (Å²) in [7, 11) is 0. The van der Waals surface area contributed by atoms with E-state index in [0.29, 0.717) is 17.5 Å². The Morgan fingerprint density at radius 3 is 2.32 bits per heavy atom. The van der Waals surface area contributed by atoms with Crippen molar-refractivity contribution in [1.82, 2.24) is 4.90 Å². The lowest BCUT2D eigenvalue weighted by molar-refractivity contribution is 0.106. The zero-order valence-electron chi connectivity index (χ0n) is 13.7. The number of nitrogens with zero attached hydrogens (tertiary/aromatic N) is 1. The van der Waals surface area contributed by atoms with Gasteiger partial charge in [0.1, 0.15) is 0 Å². The molecular formula is C17H34N2. The van der Waals surface area contributed by atoms with Crippen LogP contribution < -0.4 is 5.73 Å². The van der Waals surface area contributed by atoms with Crippen LogP contribution in [0.25, 0.3) is 0 Å². The fourth-order valence-electron chi connectivity index (χ4n) is 4.02. The van der Waals surface area contributed by atoms with Crippen molar-refractivity contribution in [2.45, 2.75) is 72.4 Å². The van der Waals surface area contributed by atoms with E-state index < -0.39 is 0 Å². The molecule has 2 heteroatoms. The van der Waals surface area contributed by atoms with Gasteiger partial charge in [-0.2, -0.15) is 0 Å². The van der Waals surface area contributed by atoms with E-state index in [9.17, 15) is 0 Å².